The summed E-state index contributed by atoms with van der Waals surface area (Å²) in [5.74, 6) is 3.51. The minimum Gasteiger partial charge on any atom is -0.453 e. The van der Waals surface area contributed by atoms with Gasteiger partial charge in [0.05, 0.1) is 22.7 Å². The van der Waals surface area contributed by atoms with Gasteiger partial charge in [-0.2, -0.15) is 0 Å². The number of hydrogen-bond donors (Lipinski definition) is 1. The predicted octanol–water partition coefficient (Wildman–Crippen LogP) is 12.6. The Morgan fingerprint density at radius 3 is 1.35 bits per heavy atom. The number of halogens is 3. The standard InChI is InChI=1S/C18H12BrNO.C12H9NO.C6H4BrI/c19-13-9-11-14(12-10-13)20-15-5-1-3-7-17(15)21-18-8-4-2-6-16(18)20;1-3-7-11-9(5-1)13-10-6-2-4-8-12(10)14-11;7-5-1-3-6(8)4-2-5/h1-12H;1-8,13H;1-4H. The fourth-order valence-electron chi connectivity index (χ4n) is 4.58. The van der Waals surface area contributed by atoms with E-state index >= 15 is 0 Å². The van der Waals surface area contributed by atoms with Gasteiger partial charge in [0.1, 0.15) is 0 Å². The molecule has 0 fully saturated rings. The topological polar surface area (TPSA) is 33.7 Å². The molecule has 0 saturated carbocycles. The Morgan fingerprint density at radius 1 is 0.465 bits per heavy atom. The number of ether oxygens (including phenoxy) is 2. The van der Waals surface area contributed by atoms with Gasteiger partial charge in [-0.3, -0.25) is 0 Å². The number of rotatable bonds is 1. The molecule has 2 heterocycles. The first-order valence-corrected chi connectivity index (χ1v) is 16.2. The lowest BCUT2D eigenvalue weighted by Crippen LogP contribution is -2.15. The molecule has 2 aliphatic rings. The van der Waals surface area contributed by atoms with Gasteiger partial charge < -0.3 is 19.7 Å². The summed E-state index contributed by atoms with van der Waals surface area (Å²) in [6.07, 6.45) is 0. The Kier molecular flexibility index (Phi) is 9.31. The number of fused-ring (bicyclic) bond motifs is 4. The molecule has 7 heteroatoms. The maximum Gasteiger partial charge on any atom is 0.151 e. The minimum absolute atomic E-state index is 0.874. The zero-order valence-corrected chi connectivity index (χ0v) is 28.1. The lowest BCUT2D eigenvalue weighted by molar-refractivity contribution is 0.477. The second-order valence-corrected chi connectivity index (χ2v) is 12.6. The van der Waals surface area contributed by atoms with E-state index in [1.165, 1.54) is 3.57 Å². The number of nitrogens with one attached hydrogen (secondary N) is 1. The summed E-state index contributed by atoms with van der Waals surface area (Å²) in [6.45, 7) is 0. The van der Waals surface area contributed by atoms with Crippen LogP contribution in [0.1, 0.15) is 0 Å². The maximum atomic E-state index is 6.00. The van der Waals surface area contributed by atoms with Crippen molar-refractivity contribution in [3.8, 4) is 23.0 Å². The van der Waals surface area contributed by atoms with E-state index in [4.69, 9.17) is 9.47 Å². The Labute approximate surface area is 281 Å². The van der Waals surface area contributed by atoms with Crippen LogP contribution < -0.4 is 19.7 Å². The Hall–Kier alpha value is -3.79. The molecule has 4 nitrogen and oxygen atoms in total. The van der Waals surface area contributed by atoms with Crippen molar-refractivity contribution in [3.63, 3.8) is 0 Å². The zero-order chi connectivity index (χ0) is 29.6. The van der Waals surface area contributed by atoms with Gasteiger partial charge in [-0.15, -0.1) is 0 Å². The van der Waals surface area contributed by atoms with Crippen LogP contribution in [0, 0.1) is 3.57 Å². The highest BCUT2D eigenvalue weighted by Crippen LogP contribution is 2.50. The van der Waals surface area contributed by atoms with Gasteiger partial charge >= 0.3 is 0 Å². The van der Waals surface area contributed by atoms with Crippen molar-refractivity contribution in [2.75, 3.05) is 10.2 Å². The van der Waals surface area contributed by atoms with Crippen LogP contribution >= 0.6 is 54.5 Å². The molecule has 0 radical (unpaired) electrons. The third-order valence-electron chi connectivity index (χ3n) is 6.58. The summed E-state index contributed by atoms with van der Waals surface area (Å²) in [5, 5.41) is 3.32. The predicted molar refractivity (Wildman–Crippen MR) is 192 cm³/mol. The van der Waals surface area contributed by atoms with Crippen molar-refractivity contribution >= 4 is 82.9 Å². The second kappa shape index (κ2) is 13.7. The van der Waals surface area contributed by atoms with Crippen molar-refractivity contribution in [3.05, 3.63) is 158 Å². The molecule has 6 aromatic carbocycles. The molecule has 0 aromatic heterocycles. The van der Waals surface area contributed by atoms with Crippen molar-refractivity contribution in [2.24, 2.45) is 0 Å². The molecule has 8 rings (SSSR count). The molecule has 1 N–H and O–H groups in total. The van der Waals surface area contributed by atoms with E-state index in [0.29, 0.717) is 0 Å². The van der Waals surface area contributed by atoms with Gasteiger partial charge in [0.15, 0.2) is 23.0 Å². The van der Waals surface area contributed by atoms with Gasteiger partial charge in [0.25, 0.3) is 0 Å². The molecular weight excluding hydrogens is 779 g/mol. The molecule has 212 valence electrons. The number of hydrogen-bond acceptors (Lipinski definition) is 4. The lowest BCUT2D eigenvalue weighted by Gasteiger charge is -2.32. The molecule has 0 atom stereocenters. The molecule has 6 aromatic rings. The summed E-state index contributed by atoms with van der Waals surface area (Å²) in [7, 11) is 0. The van der Waals surface area contributed by atoms with Crippen molar-refractivity contribution in [2.45, 2.75) is 0 Å². The first kappa shape index (κ1) is 29.3. The molecule has 2 aliphatic heterocycles. The Bertz CT molecular complexity index is 1690. The SMILES string of the molecule is Brc1ccc(I)cc1.Brc1ccc(N2c3ccccc3Oc3ccccc32)cc1.c1ccc2c(c1)Nc1ccccc1O2. The highest BCUT2D eigenvalue weighted by atomic mass is 127. The number of nitrogens with zero attached hydrogens (tertiary/aromatic N) is 1. The lowest BCUT2D eigenvalue weighted by atomic mass is 10.1. The molecule has 0 aliphatic carbocycles. The zero-order valence-electron chi connectivity index (χ0n) is 22.8. The molecule has 0 amide bonds. The van der Waals surface area contributed by atoms with Gasteiger partial charge in [0.2, 0.25) is 0 Å². The number of anilines is 5. The monoisotopic (exact) mass is 802 g/mol. The van der Waals surface area contributed by atoms with Gasteiger partial charge in [-0.25, -0.2) is 0 Å². The summed E-state index contributed by atoms with van der Waals surface area (Å²) in [6, 6.07) is 48.5. The Morgan fingerprint density at radius 2 is 0.860 bits per heavy atom. The highest BCUT2D eigenvalue weighted by Gasteiger charge is 2.24. The average molecular weight is 804 g/mol. The third-order valence-corrected chi connectivity index (χ3v) is 8.36. The van der Waals surface area contributed by atoms with Gasteiger partial charge in [-0.1, -0.05) is 80.4 Å². The maximum absolute atomic E-state index is 6.00. The highest BCUT2D eigenvalue weighted by molar-refractivity contribution is 14.1. The van der Waals surface area contributed by atoms with Crippen LogP contribution in [0.2, 0.25) is 0 Å². The Balaban J connectivity index is 0.000000128. The smallest absolute Gasteiger partial charge is 0.151 e. The van der Waals surface area contributed by atoms with E-state index in [9.17, 15) is 0 Å². The molecule has 0 bridgehead atoms. The third kappa shape index (κ3) is 7.06. The van der Waals surface area contributed by atoms with E-state index in [0.717, 1.165) is 60.4 Å². The van der Waals surface area contributed by atoms with Crippen LogP contribution in [0.5, 0.6) is 23.0 Å². The van der Waals surface area contributed by atoms with Crippen LogP contribution in [0.3, 0.4) is 0 Å². The molecule has 43 heavy (non-hydrogen) atoms. The molecule has 0 spiro atoms. The van der Waals surface area contributed by atoms with Crippen LogP contribution in [-0.4, -0.2) is 0 Å². The number of para-hydroxylation sites is 8. The fraction of sp³-hybridized carbons (Fsp3) is 0. The van der Waals surface area contributed by atoms with Gasteiger partial charge in [-0.05, 0) is 120 Å². The van der Waals surface area contributed by atoms with E-state index in [1.807, 2.05) is 97.1 Å². The van der Waals surface area contributed by atoms with E-state index in [1.54, 1.807) is 0 Å². The molecule has 0 unspecified atom stereocenters. The summed E-state index contributed by atoms with van der Waals surface area (Å²) < 4.78 is 15.2. The number of benzene rings is 6. The van der Waals surface area contributed by atoms with Crippen molar-refractivity contribution in [1.82, 2.24) is 0 Å². The fourth-order valence-corrected chi connectivity index (χ4v) is 5.47. The normalized spacial score (nSPS) is 11.7. The quantitative estimate of drug-likeness (QED) is 0.168. The molecular formula is C36H25Br2IN2O2. The van der Waals surface area contributed by atoms with E-state index in [2.05, 4.69) is 113 Å². The summed E-state index contributed by atoms with van der Waals surface area (Å²) in [4.78, 5) is 2.22. The van der Waals surface area contributed by atoms with Crippen LogP contribution in [0.15, 0.2) is 155 Å². The van der Waals surface area contributed by atoms with E-state index < -0.39 is 0 Å². The van der Waals surface area contributed by atoms with Crippen LogP contribution in [-0.2, 0) is 0 Å². The molecule has 0 saturated heterocycles. The minimum atomic E-state index is 0.874. The van der Waals surface area contributed by atoms with Crippen LogP contribution in [0.25, 0.3) is 0 Å². The van der Waals surface area contributed by atoms with Crippen molar-refractivity contribution in [1.29, 1.82) is 0 Å². The summed E-state index contributed by atoms with van der Waals surface area (Å²) in [5.41, 5.74) is 5.26. The van der Waals surface area contributed by atoms with Gasteiger partial charge in [0, 0.05) is 18.2 Å². The average Bonchev–Trinajstić information content (AvgIpc) is 3.05. The second-order valence-electron chi connectivity index (χ2n) is 9.51. The first-order valence-electron chi connectivity index (χ1n) is 13.5. The van der Waals surface area contributed by atoms with Crippen molar-refractivity contribution < 1.29 is 9.47 Å². The largest absolute Gasteiger partial charge is 0.453 e. The van der Waals surface area contributed by atoms with E-state index in [-0.39, 0.29) is 0 Å². The summed E-state index contributed by atoms with van der Waals surface area (Å²) >= 11 is 9.11. The first-order chi connectivity index (χ1) is 21.0. The van der Waals surface area contributed by atoms with Crippen LogP contribution in [0.4, 0.5) is 28.4 Å².